The lowest BCUT2D eigenvalue weighted by Crippen LogP contribution is -2.58. The minimum atomic E-state index is -1.21. The second-order valence-corrected chi connectivity index (χ2v) is 8.28. The van der Waals surface area contributed by atoms with Gasteiger partial charge >= 0.3 is 5.97 Å². The van der Waals surface area contributed by atoms with Crippen molar-refractivity contribution in [2.45, 2.75) is 32.5 Å². The Morgan fingerprint density at radius 3 is 2.44 bits per heavy atom. The van der Waals surface area contributed by atoms with Gasteiger partial charge in [0, 0.05) is 37.8 Å². The molecule has 0 saturated carbocycles. The number of aromatic carboxylic acids is 1. The fourth-order valence-corrected chi connectivity index (χ4v) is 4.03. The first kappa shape index (κ1) is 23.8. The van der Waals surface area contributed by atoms with E-state index in [2.05, 4.69) is 4.90 Å². The number of carboxylic acid groups (broad SMARTS) is 1. The SMILES string of the molecule is COc1cc(OCC(=O)N2C[C@H](C)N(Cc3ccc(F)cc3)C[C@H]2C)c(C(=O)O)cc1Cl. The van der Waals surface area contributed by atoms with E-state index < -0.39 is 5.97 Å². The van der Waals surface area contributed by atoms with E-state index in [0.717, 1.165) is 5.56 Å². The molecule has 2 aromatic rings. The average Bonchev–Trinajstić information content (AvgIpc) is 2.76. The summed E-state index contributed by atoms with van der Waals surface area (Å²) in [6.07, 6.45) is 0. The maximum Gasteiger partial charge on any atom is 0.339 e. The zero-order chi connectivity index (χ0) is 23.4. The van der Waals surface area contributed by atoms with Crippen LogP contribution < -0.4 is 9.47 Å². The molecule has 3 rings (SSSR count). The number of nitrogens with zero attached hydrogens (tertiary/aromatic N) is 2. The van der Waals surface area contributed by atoms with Crippen LogP contribution in [0, 0.1) is 5.82 Å². The van der Waals surface area contributed by atoms with Crippen LogP contribution in [0.1, 0.15) is 29.8 Å². The number of benzene rings is 2. The van der Waals surface area contributed by atoms with E-state index in [4.69, 9.17) is 21.1 Å². The molecule has 0 radical (unpaired) electrons. The molecule has 1 heterocycles. The normalized spacial score (nSPS) is 19.0. The van der Waals surface area contributed by atoms with Gasteiger partial charge in [-0.25, -0.2) is 9.18 Å². The van der Waals surface area contributed by atoms with E-state index in [0.29, 0.717) is 19.6 Å². The second kappa shape index (κ2) is 10.2. The molecule has 0 aromatic heterocycles. The summed E-state index contributed by atoms with van der Waals surface area (Å²) < 4.78 is 23.8. The van der Waals surface area contributed by atoms with Crippen LogP contribution in [-0.2, 0) is 11.3 Å². The highest BCUT2D eigenvalue weighted by atomic mass is 35.5. The van der Waals surface area contributed by atoms with Crippen molar-refractivity contribution in [1.29, 1.82) is 0 Å². The number of methoxy groups -OCH3 is 1. The average molecular weight is 465 g/mol. The molecular formula is C23H26ClFN2O5. The molecule has 0 aliphatic carbocycles. The lowest BCUT2D eigenvalue weighted by atomic mass is 10.1. The quantitative estimate of drug-likeness (QED) is 0.673. The van der Waals surface area contributed by atoms with Crippen LogP contribution in [0.2, 0.25) is 5.02 Å². The maximum absolute atomic E-state index is 13.2. The second-order valence-electron chi connectivity index (χ2n) is 7.88. The number of halogens is 2. The van der Waals surface area contributed by atoms with Gasteiger partial charge in [0.15, 0.2) is 6.61 Å². The lowest BCUT2D eigenvalue weighted by Gasteiger charge is -2.44. The van der Waals surface area contributed by atoms with Crippen molar-refractivity contribution in [2.24, 2.45) is 0 Å². The van der Waals surface area contributed by atoms with Crippen LogP contribution in [0.15, 0.2) is 36.4 Å². The summed E-state index contributed by atoms with van der Waals surface area (Å²) in [6, 6.07) is 9.03. The summed E-state index contributed by atoms with van der Waals surface area (Å²) in [5.41, 5.74) is 0.862. The van der Waals surface area contributed by atoms with Crippen molar-refractivity contribution in [3.63, 3.8) is 0 Å². The van der Waals surface area contributed by atoms with E-state index >= 15 is 0 Å². The summed E-state index contributed by atoms with van der Waals surface area (Å²) in [5, 5.41) is 9.55. The topological polar surface area (TPSA) is 79.3 Å². The third kappa shape index (κ3) is 5.49. The number of ether oxygens (including phenoxy) is 2. The van der Waals surface area contributed by atoms with Gasteiger partial charge in [0.2, 0.25) is 0 Å². The maximum atomic E-state index is 13.2. The van der Waals surface area contributed by atoms with Crippen molar-refractivity contribution < 1.29 is 28.6 Å². The molecule has 1 aliphatic rings. The van der Waals surface area contributed by atoms with Gasteiger partial charge in [0.05, 0.1) is 12.1 Å². The highest BCUT2D eigenvalue weighted by Crippen LogP contribution is 2.33. The van der Waals surface area contributed by atoms with Crippen LogP contribution in [0.4, 0.5) is 4.39 Å². The van der Waals surface area contributed by atoms with Crippen molar-refractivity contribution in [3.8, 4) is 11.5 Å². The van der Waals surface area contributed by atoms with Gasteiger partial charge in [-0.05, 0) is 37.6 Å². The van der Waals surface area contributed by atoms with Crippen molar-refractivity contribution in [1.82, 2.24) is 9.80 Å². The molecule has 1 fully saturated rings. The summed E-state index contributed by atoms with van der Waals surface area (Å²) in [5.74, 6) is -1.45. The molecule has 0 bridgehead atoms. The van der Waals surface area contributed by atoms with Gasteiger partial charge in [-0.1, -0.05) is 23.7 Å². The van der Waals surface area contributed by atoms with Crippen LogP contribution in [0.3, 0.4) is 0 Å². The summed E-state index contributed by atoms with van der Waals surface area (Å²) in [4.78, 5) is 28.4. The van der Waals surface area contributed by atoms with Crippen LogP contribution >= 0.6 is 11.6 Å². The fourth-order valence-electron chi connectivity index (χ4n) is 3.79. The van der Waals surface area contributed by atoms with Gasteiger partial charge in [-0.3, -0.25) is 9.69 Å². The first-order valence-electron chi connectivity index (χ1n) is 10.2. The molecule has 1 aliphatic heterocycles. The van der Waals surface area contributed by atoms with Gasteiger partial charge < -0.3 is 19.5 Å². The molecule has 0 spiro atoms. The van der Waals surface area contributed by atoms with Gasteiger partial charge in [0.25, 0.3) is 5.91 Å². The molecule has 32 heavy (non-hydrogen) atoms. The first-order valence-corrected chi connectivity index (χ1v) is 10.6. The van der Waals surface area contributed by atoms with Gasteiger partial charge in [0.1, 0.15) is 22.9 Å². The zero-order valence-electron chi connectivity index (χ0n) is 18.2. The van der Waals surface area contributed by atoms with Crippen LogP contribution in [0.25, 0.3) is 0 Å². The fraction of sp³-hybridized carbons (Fsp3) is 0.391. The largest absolute Gasteiger partial charge is 0.495 e. The first-order chi connectivity index (χ1) is 15.2. The van der Waals surface area contributed by atoms with Crippen molar-refractivity contribution in [2.75, 3.05) is 26.8 Å². The number of rotatable bonds is 7. The molecule has 2 atom stereocenters. The molecule has 1 N–H and O–H groups in total. The number of carbonyl (C=O) groups excluding carboxylic acids is 1. The van der Waals surface area contributed by atoms with Crippen molar-refractivity contribution >= 4 is 23.5 Å². The monoisotopic (exact) mass is 464 g/mol. The Labute approximate surface area is 191 Å². The Hall–Kier alpha value is -2.84. The van der Waals surface area contributed by atoms with E-state index in [1.165, 1.54) is 31.4 Å². The highest BCUT2D eigenvalue weighted by molar-refractivity contribution is 6.32. The van der Waals surface area contributed by atoms with E-state index in [-0.39, 0.29) is 52.5 Å². The third-order valence-corrected chi connectivity index (χ3v) is 5.87. The summed E-state index contributed by atoms with van der Waals surface area (Å²) in [6.45, 7) is 5.50. The Balaban J connectivity index is 1.64. The lowest BCUT2D eigenvalue weighted by molar-refractivity contribution is -0.139. The van der Waals surface area contributed by atoms with E-state index in [1.807, 2.05) is 13.8 Å². The Morgan fingerprint density at radius 1 is 1.12 bits per heavy atom. The Kier molecular flexibility index (Phi) is 7.58. The number of hydrogen-bond acceptors (Lipinski definition) is 5. The van der Waals surface area contributed by atoms with Crippen LogP contribution in [-0.4, -0.2) is 65.7 Å². The predicted octanol–water partition coefficient (Wildman–Crippen LogP) is 3.69. The number of piperazine rings is 1. The summed E-state index contributed by atoms with van der Waals surface area (Å²) >= 11 is 6.00. The number of carboxylic acids is 1. The third-order valence-electron chi connectivity index (χ3n) is 5.57. The predicted molar refractivity (Wildman–Crippen MR) is 118 cm³/mol. The molecular weight excluding hydrogens is 439 g/mol. The number of carbonyl (C=O) groups is 2. The van der Waals surface area contributed by atoms with Gasteiger partial charge in [-0.15, -0.1) is 0 Å². The Morgan fingerprint density at radius 2 is 1.81 bits per heavy atom. The van der Waals surface area contributed by atoms with Crippen LogP contribution in [0.5, 0.6) is 11.5 Å². The summed E-state index contributed by atoms with van der Waals surface area (Å²) in [7, 11) is 1.41. The van der Waals surface area contributed by atoms with Crippen molar-refractivity contribution in [3.05, 3.63) is 58.4 Å². The van der Waals surface area contributed by atoms with Gasteiger partial charge in [-0.2, -0.15) is 0 Å². The molecule has 1 saturated heterocycles. The molecule has 2 aromatic carbocycles. The highest BCUT2D eigenvalue weighted by Gasteiger charge is 2.32. The Bertz CT molecular complexity index is 985. The minimum absolute atomic E-state index is 0.0164. The minimum Gasteiger partial charge on any atom is -0.495 e. The number of amides is 1. The molecule has 172 valence electrons. The van der Waals surface area contributed by atoms with E-state index in [9.17, 15) is 19.1 Å². The molecule has 0 unspecified atom stereocenters. The standard InChI is InChI=1S/C23H26ClFN2O5/c1-14-11-27(15(2)10-26(14)12-16-4-6-17(25)7-5-16)22(28)13-32-20-9-21(31-3)19(24)8-18(20)23(29)30/h4-9,14-15H,10-13H2,1-3H3,(H,29,30)/t14-,15+/m0/s1. The number of hydrogen-bond donors (Lipinski definition) is 1. The smallest absolute Gasteiger partial charge is 0.339 e. The molecule has 7 nitrogen and oxygen atoms in total. The molecule has 9 heteroatoms. The molecule has 1 amide bonds. The van der Waals surface area contributed by atoms with E-state index in [1.54, 1.807) is 17.0 Å². The zero-order valence-corrected chi connectivity index (χ0v) is 18.9.